The molecule has 20 heavy (non-hydrogen) atoms. The summed E-state index contributed by atoms with van der Waals surface area (Å²) in [6.07, 6.45) is 0. The lowest BCUT2D eigenvalue weighted by atomic mass is 10.2. The number of anilines is 3. The first-order valence-corrected chi connectivity index (χ1v) is 7.18. The predicted molar refractivity (Wildman–Crippen MR) is 86.1 cm³/mol. The molecule has 1 aromatic carbocycles. The predicted octanol–water partition coefficient (Wildman–Crippen LogP) is 3.70. The fourth-order valence-corrected chi connectivity index (χ4v) is 2.16. The topological polar surface area (TPSA) is 75.9 Å². The average Bonchev–Trinajstić information content (AvgIpc) is 2.41. The largest absolute Gasteiger partial charge is 0.340 e. The van der Waals surface area contributed by atoms with Crippen molar-refractivity contribution >= 4 is 33.3 Å². The van der Waals surface area contributed by atoms with Gasteiger partial charge in [-0.3, -0.25) is 0 Å². The van der Waals surface area contributed by atoms with Crippen LogP contribution >= 0.6 is 15.9 Å². The summed E-state index contributed by atoms with van der Waals surface area (Å²) in [6.45, 7) is 6.03. The summed E-state index contributed by atoms with van der Waals surface area (Å²) >= 11 is 3.45. The Bertz CT molecular complexity index is 613. The van der Waals surface area contributed by atoms with E-state index in [0.717, 1.165) is 27.4 Å². The Kier molecular flexibility index (Phi) is 4.57. The van der Waals surface area contributed by atoms with E-state index in [0.29, 0.717) is 5.82 Å². The highest BCUT2D eigenvalue weighted by atomic mass is 79.9. The van der Waals surface area contributed by atoms with Gasteiger partial charge in [-0.25, -0.2) is 15.8 Å². The standard InChI is InChI=1S/C14H18BrN5/c1-8(2)12-18-13(9(3)14(19-12)20-16)17-11-6-4-5-10(15)7-11/h4-8H,16H2,1-3H3,(H2,17,18,19,20). The number of rotatable bonds is 4. The number of hydrogen-bond donors (Lipinski definition) is 3. The molecule has 2 rings (SSSR count). The van der Waals surface area contributed by atoms with Crippen LogP contribution in [0.25, 0.3) is 0 Å². The maximum Gasteiger partial charge on any atom is 0.148 e. The van der Waals surface area contributed by atoms with E-state index in [1.54, 1.807) is 0 Å². The first kappa shape index (κ1) is 14.7. The average molecular weight is 336 g/mol. The molecule has 0 saturated heterocycles. The molecule has 1 heterocycles. The molecule has 2 aromatic rings. The third-order valence-corrected chi connectivity index (χ3v) is 3.40. The van der Waals surface area contributed by atoms with Gasteiger partial charge >= 0.3 is 0 Å². The van der Waals surface area contributed by atoms with Crippen molar-refractivity contribution in [3.63, 3.8) is 0 Å². The van der Waals surface area contributed by atoms with Crippen LogP contribution in [0.15, 0.2) is 28.7 Å². The zero-order chi connectivity index (χ0) is 14.7. The molecule has 0 atom stereocenters. The first-order valence-electron chi connectivity index (χ1n) is 6.39. The summed E-state index contributed by atoms with van der Waals surface area (Å²) in [4.78, 5) is 8.99. The third kappa shape index (κ3) is 3.26. The van der Waals surface area contributed by atoms with Crippen LogP contribution in [0.1, 0.15) is 31.2 Å². The van der Waals surface area contributed by atoms with E-state index in [-0.39, 0.29) is 5.92 Å². The summed E-state index contributed by atoms with van der Waals surface area (Å²) < 4.78 is 1.01. The van der Waals surface area contributed by atoms with Crippen molar-refractivity contribution in [1.82, 2.24) is 9.97 Å². The van der Waals surface area contributed by atoms with Crippen molar-refractivity contribution in [3.8, 4) is 0 Å². The molecule has 0 aliphatic carbocycles. The smallest absolute Gasteiger partial charge is 0.148 e. The normalized spacial score (nSPS) is 10.7. The van der Waals surface area contributed by atoms with Crippen molar-refractivity contribution in [2.45, 2.75) is 26.7 Å². The van der Waals surface area contributed by atoms with Crippen molar-refractivity contribution in [2.75, 3.05) is 10.7 Å². The Morgan fingerprint density at radius 3 is 2.50 bits per heavy atom. The van der Waals surface area contributed by atoms with E-state index < -0.39 is 0 Å². The molecule has 0 aliphatic rings. The van der Waals surface area contributed by atoms with Gasteiger partial charge in [-0.15, -0.1) is 0 Å². The van der Waals surface area contributed by atoms with E-state index in [2.05, 4.69) is 36.6 Å². The number of hydrogen-bond acceptors (Lipinski definition) is 5. The van der Waals surface area contributed by atoms with E-state index in [1.165, 1.54) is 0 Å². The van der Waals surface area contributed by atoms with Gasteiger partial charge in [-0.2, -0.15) is 0 Å². The maximum atomic E-state index is 5.53. The molecule has 0 amide bonds. The zero-order valence-corrected chi connectivity index (χ0v) is 13.3. The summed E-state index contributed by atoms with van der Waals surface area (Å²) in [5, 5.41) is 3.31. The quantitative estimate of drug-likeness (QED) is 0.586. The number of halogens is 1. The number of nitrogens with two attached hydrogens (primary N) is 1. The van der Waals surface area contributed by atoms with Crippen LogP contribution in [-0.2, 0) is 0 Å². The minimum absolute atomic E-state index is 0.228. The van der Waals surface area contributed by atoms with Gasteiger partial charge in [-0.05, 0) is 25.1 Å². The van der Waals surface area contributed by atoms with Crippen molar-refractivity contribution in [3.05, 3.63) is 40.1 Å². The monoisotopic (exact) mass is 335 g/mol. The molecule has 1 aromatic heterocycles. The highest BCUT2D eigenvalue weighted by Crippen LogP contribution is 2.26. The fourth-order valence-electron chi connectivity index (χ4n) is 1.76. The maximum absolute atomic E-state index is 5.53. The summed E-state index contributed by atoms with van der Waals surface area (Å²) in [5.41, 5.74) is 4.47. The van der Waals surface area contributed by atoms with Crippen LogP contribution in [0.4, 0.5) is 17.3 Å². The van der Waals surface area contributed by atoms with Crippen LogP contribution in [0.2, 0.25) is 0 Å². The summed E-state index contributed by atoms with van der Waals surface area (Å²) in [6, 6.07) is 7.92. The second-order valence-electron chi connectivity index (χ2n) is 4.84. The molecule has 106 valence electrons. The molecule has 0 bridgehead atoms. The van der Waals surface area contributed by atoms with Crippen LogP contribution in [-0.4, -0.2) is 9.97 Å². The Morgan fingerprint density at radius 2 is 1.90 bits per heavy atom. The molecule has 6 heteroatoms. The fraction of sp³-hybridized carbons (Fsp3) is 0.286. The molecular formula is C14H18BrN5. The molecule has 0 unspecified atom stereocenters. The summed E-state index contributed by atoms with van der Waals surface area (Å²) in [7, 11) is 0. The van der Waals surface area contributed by atoms with Gasteiger partial charge in [-0.1, -0.05) is 35.8 Å². The Balaban J connectivity index is 2.42. The number of benzene rings is 1. The molecule has 5 nitrogen and oxygen atoms in total. The molecule has 0 fully saturated rings. The Morgan fingerprint density at radius 1 is 1.20 bits per heavy atom. The van der Waals surface area contributed by atoms with E-state index in [1.807, 2.05) is 45.0 Å². The number of nitrogens with one attached hydrogen (secondary N) is 2. The summed E-state index contributed by atoms with van der Waals surface area (Å²) in [5.74, 6) is 7.91. The van der Waals surface area contributed by atoms with Gasteiger partial charge in [0.15, 0.2) is 0 Å². The van der Waals surface area contributed by atoms with Gasteiger partial charge in [0.25, 0.3) is 0 Å². The molecule has 0 saturated carbocycles. The second kappa shape index (κ2) is 6.19. The minimum Gasteiger partial charge on any atom is -0.340 e. The van der Waals surface area contributed by atoms with Gasteiger partial charge < -0.3 is 10.7 Å². The molecule has 0 radical (unpaired) electrons. The lowest BCUT2D eigenvalue weighted by Gasteiger charge is -2.15. The van der Waals surface area contributed by atoms with Crippen LogP contribution < -0.4 is 16.6 Å². The van der Waals surface area contributed by atoms with Crippen LogP contribution in [0, 0.1) is 6.92 Å². The van der Waals surface area contributed by atoms with Gasteiger partial charge in [0.2, 0.25) is 0 Å². The van der Waals surface area contributed by atoms with Gasteiger partial charge in [0.1, 0.15) is 17.5 Å². The Labute approximate surface area is 127 Å². The van der Waals surface area contributed by atoms with Crippen molar-refractivity contribution in [1.29, 1.82) is 0 Å². The van der Waals surface area contributed by atoms with E-state index in [9.17, 15) is 0 Å². The Hall–Kier alpha value is -1.66. The molecule has 0 aliphatic heterocycles. The minimum atomic E-state index is 0.228. The number of nitrogen functional groups attached to an aromatic ring is 1. The number of nitrogens with zero attached hydrogens (tertiary/aromatic N) is 2. The molecule has 0 spiro atoms. The van der Waals surface area contributed by atoms with Gasteiger partial charge in [0, 0.05) is 21.6 Å². The SMILES string of the molecule is Cc1c(NN)nc(C(C)C)nc1Nc1cccc(Br)c1. The highest BCUT2D eigenvalue weighted by Gasteiger charge is 2.12. The number of hydrazine groups is 1. The van der Waals surface area contributed by atoms with Crippen molar-refractivity contribution in [2.24, 2.45) is 5.84 Å². The van der Waals surface area contributed by atoms with E-state index in [4.69, 9.17) is 5.84 Å². The van der Waals surface area contributed by atoms with Crippen LogP contribution in [0.5, 0.6) is 0 Å². The van der Waals surface area contributed by atoms with Gasteiger partial charge in [0.05, 0.1) is 0 Å². The lowest BCUT2D eigenvalue weighted by molar-refractivity contribution is 0.774. The third-order valence-electron chi connectivity index (χ3n) is 2.90. The first-order chi connectivity index (χ1) is 9.51. The second-order valence-corrected chi connectivity index (χ2v) is 5.75. The van der Waals surface area contributed by atoms with Crippen molar-refractivity contribution < 1.29 is 0 Å². The lowest BCUT2D eigenvalue weighted by Crippen LogP contribution is -2.14. The number of aromatic nitrogens is 2. The highest BCUT2D eigenvalue weighted by molar-refractivity contribution is 9.10. The van der Waals surface area contributed by atoms with Crippen LogP contribution in [0.3, 0.4) is 0 Å². The van der Waals surface area contributed by atoms with E-state index >= 15 is 0 Å². The molecular weight excluding hydrogens is 318 g/mol. The molecule has 4 N–H and O–H groups in total. The zero-order valence-electron chi connectivity index (χ0n) is 11.7.